The van der Waals surface area contributed by atoms with Crippen molar-refractivity contribution in [3.63, 3.8) is 0 Å². The highest BCUT2D eigenvalue weighted by atomic mass is 31.2. The summed E-state index contributed by atoms with van der Waals surface area (Å²) in [5, 5.41) is 10.5. The van der Waals surface area contributed by atoms with E-state index in [1.54, 1.807) is 0 Å². The molecule has 85 heavy (non-hydrogen) atoms. The van der Waals surface area contributed by atoms with Crippen molar-refractivity contribution in [3.8, 4) is 0 Å². The summed E-state index contributed by atoms with van der Waals surface area (Å²) < 4.78 is 68.0. The van der Waals surface area contributed by atoms with E-state index in [4.69, 9.17) is 37.0 Å². The number of aliphatic hydroxyl groups is 1. The van der Waals surface area contributed by atoms with Crippen LogP contribution in [0.15, 0.2) is 0 Å². The minimum Gasteiger partial charge on any atom is -0.462 e. The maximum Gasteiger partial charge on any atom is 0.472 e. The summed E-state index contributed by atoms with van der Waals surface area (Å²) in [6, 6.07) is 0. The molecule has 504 valence electrons. The molecule has 0 rings (SSSR count). The molecule has 0 aliphatic rings. The third-order valence-electron chi connectivity index (χ3n) is 15.6. The van der Waals surface area contributed by atoms with Gasteiger partial charge in [0.25, 0.3) is 0 Å². The second-order valence-corrected chi connectivity index (χ2v) is 27.0. The van der Waals surface area contributed by atoms with Crippen LogP contribution in [0, 0.1) is 5.92 Å². The van der Waals surface area contributed by atoms with Crippen molar-refractivity contribution in [1.82, 2.24) is 0 Å². The van der Waals surface area contributed by atoms with Crippen LogP contribution < -0.4 is 0 Å². The fourth-order valence-electron chi connectivity index (χ4n) is 9.90. The van der Waals surface area contributed by atoms with Crippen molar-refractivity contribution in [2.24, 2.45) is 5.92 Å². The molecule has 0 heterocycles. The van der Waals surface area contributed by atoms with Crippen LogP contribution in [0.3, 0.4) is 0 Å². The molecule has 0 saturated carbocycles. The largest absolute Gasteiger partial charge is 0.472 e. The molecule has 17 nitrogen and oxygen atoms in total. The first-order chi connectivity index (χ1) is 41.1. The Hall–Kier alpha value is -1.94. The SMILES string of the molecule is CCCCCCCCCCCCCCCCCC(=O)O[C@H](COC(=O)CCCCCCCCCCCCCCC)COP(=O)(O)OC[C@@H](O)COP(=O)(O)OC[C@@H](COC(=O)CCCCCCCCC)OC(=O)CCCCCCCCC(C)CC. The number of hydrogen-bond acceptors (Lipinski definition) is 15. The van der Waals surface area contributed by atoms with Crippen molar-refractivity contribution in [2.45, 2.75) is 355 Å². The monoisotopic (exact) mass is 1250 g/mol. The Morgan fingerprint density at radius 1 is 0.329 bits per heavy atom. The van der Waals surface area contributed by atoms with Gasteiger partial charge in [-0.25, -0.2) is 9.13 Å². The Kier molecular flexibility index (Phi) is 58.3. The number of rotatable bonds is 66. The number of carbonyl (C=O) groups is 4. The predicted molar refractivity (Wildman–Crippen MR) is 340 cm³/mol. The Morgan fingerprint density at radius 3 is 0.835 bits per heavy atom. The smallest absolute Gasteiger partial charge is 0.462 e. The average molecular weight is 1260 g/mol. The molecule has 0 saturated heterocycles. The number of phosphoric ester groups is 2. The summed E-state index contributed by atoms with van der Waals surface area (Å²) in [4.78, 5) is 72.2. The number of phosphoric acid groups is 2. The summed E-state index contributed by atoms with van der Waals surface area (Å²) in [5.41, 5.74) is 0. The van der Waals surface area contributed by atoms with Crippen molar-refractivity contribution in [2.75, 3.05) is 39.6 Å². The molecule has 3 N–H and O–H groups in total. The molecule has 0 spiro atoms. The summed E-state index contributed by atoms with van der Waals surface area (Å²) in [7, 11) is -9.89. The minimum atomic E-state index is -4.95. The first-order valence-corrected chi connectivity index (χ1v) is 37.7. The number of carbonyl (C=O) groups excluding carboxylic acids is 4. The predicted octanol–water partition coefficient (Wildman–Crippen LogP) is 18.6. The zero-order valence-corrected chi connectivity index (χ0v) is 56.5. The van der Waals surface area contributed by atoms with Gasteiger partial charge in [-0.05, 0) is 31.6 Å². The lowest BCUT2D eigenvalue weighted by atomic mass is 10.00. The highest BCUT2D eigenvalue weighted by Crippen LogP contribution is 2.45. The molecule has 0 bridgehead atoms. The molecule has 0 fully saturated rings. The number of esters is 4. The van der Waals surface area contributed by atoms with E-state index in [2.05, 4.69) is 34.6 Å². The van der Waals surface area contributed by atoms with Gasteiger partial charge >= 0.3 is 39.5 Å². The van der Waals surface area contributed by atoms with E-state index < -0.39 is 97.5 Å². The van der Waals surface area contributed by atoms with E-state index in [0.717, 1.165) is 109 Å². The molecule has 0 aliphatic heterocycles. The van der Waals surface area contributed by atoms with Crippen LogP contribution in [0.5, 0.6) is 0 Å². The van der Waals surface area contributed by atoms with Crippen LogP contribution in [0.4, 0.5) is 0 Å². The minimum absolute atomic E-state index is 0.103. The van der Waals surface area contributed by atoms with Crippen molar-refractivity contribution >= 4 is 39.5 Å². The molecule has 3 unspecified atom stereocenters. The van der Waals surface area contributed by atoms with Gasteiger partial charge in [-0.1, -0.05) is 285 Å². The van der Waals surface area contributed by atoms with Gasteiger partial charge in [-0.2, -0.15) is 0 Å². The lowest BCUT2D eigenvalue weighted by Gasteiger charge is -2.21. The number of aliphatic hydroxyl groups excluding tert-OH is 1. The average Bonchev–Trinajstić information content (AvgIpc) is 3.53. The van der Waals surface area contributed by atoms with Crippen molar-refractivity contribution in [3.05, 3.63) is 0 Å². The van der Waals surface area contributed by atoms with Crippen molar-refractivity contribution < 1.29 is 80.2 Å². The topological polar surface area (TPSA) is 237 Å². The van der Waals surface area contributed by atoms with Gasteiger partial charge in [-0.3, -0.25) is 37.3 Å². The number of unbranched alkanes of at least 4 members (excludes halogenated alkanes) is 37. The molecular weight excluding hydrogens is 1130 g/mol. The third kappa shape index (κ3) is 59.5. The van der Waals surface area contributed by atoms with Gasteiger partial charge in [0.05, 0.1) is 26.4 Å². The van der Waals surface area contributed by atoms with Crippen LogP contribution in [0.1, 0.15) is 336 Å². The molecule has 19 heteroatoms. The highest BCUT2D eigenvalue weighted by molar-refractivity contribution is 7.47. The van der Waals surface area contributed by atoms with E-state index >= 15 is 0 Å². The van der Waals surface area contributed by atoms with Gasteiger partial charge in [0.1, 0.15) is 19.3 Å². The Morgan fingerprint density at radius 2 is 0.565 bits per heavy atom. The zero-order chi connectivity index (χ0) is 62.8. The first-order valence-electron chi connectivity index (χ1n) is 34.7. The van der Waals surface area contributed by atoms with Gasteiger partial charge in [0.15, 0.2) is 12.2 Å². The maximum atomic E-state index is 13.0. The van der Waals surface area contributed by atoms with E-state index in [0.29, 0.717) is 25.7 Å². The molecule has 0 amide bonds. The van der Waals surface area contributed by atoms with Gasteiger partial charge < -0.3 is 33.8 Å². The molecular formula is C66H128O17P2. The maximum absolute atomic E-state index is 13.0. The molecule has 0 aromatic heterocycles. The third-order valence-corrected chi connectivity index (χ3v) is 17.5. The molecule has 0 aromatic rings. The van der Waals surface area contributed by atoms with E-state index in [-0.39, 0.29) is 25.7 Å². The highest BCUT2D eigenvalue weighted by Gasteiger charge is 2.30. The second-order valence-electron chi connectivity index (χ2n) is 24.1. The van der Waals surface area contributed by atoms with Gasteiger partial charge in [0.2, 0.25) is 0 Å². The zero-order valence-electron chi connectivity index (χ0n) is 54.7. The van der Waals surface area contributed by atoms with E-state index in [9.17, 15) is 43.2 Å². The van der Waals surface area contributed by atoms with E-state index in [1.807, 2.05) is 0 Å². The summed E-state index contributed by atoms with van der Waals surface area (Å²) in [5.74, 6) is -1.41. The second kappa shape index (κ2) is 59.7. The standard InChI is InChI=1S/C66H128O17P2/c1-6-10-13-16-19-21-23-25-26-28-30-32-35-41-46-51-65(70)82-61(56-77-64(69)50-45-40-34-31-29-27-24-22-20-17-14-11-7-2)57-80-84(72,73)78-53-60(67)54-79-85(74,75)81-58-62(55-76-63(68)49-44-39-33-18-15-12-8-3)83-66(71)52-47-42-37-36-38-43-48-59(5)9-4/h59-62,67H,6-58H2,1-5H3,(H,72,73)(H,74,75)/t59?,60-,61-,62-/m1/s1. The summed E-state index contributed by atoms with van der Waals surface area (Å²) in [6.45, 7) is 7.13. The number of hydrogen-bond donors (Lipinski definition) is 3. The summed E-state index contributed by atoms with van der Waals surface area (Å²) in [6.07, 6.45) is 44.5. The Balaban J connectivity index is 5.21. The van der Waals surface area contributed by atoms with Crippen molar-refractivity contribution in [1.29, 1.82) is 0 Å². The first kappa shape index (κ1) is 83.1. The Bertz CT molecular complexity index is 1650. The summed E-state index contributed by atoms with van der Waals surface area (Å²) >= 11 is 0. The fourth-order valence-corrected chi connectivity index (χ4v) is 11.5. The number of ether oxygens (including phenoxy) is 4. The molecule has 0 aliphatic carbocycles. The van der Waals surface area contributed by atoms with E-state index in [1.165, 1.54) is 148 Å². The molecule has 0 aromatic carbocycles. The Labute approximate surface area is 517 Å². The van der Waals surface area contributed by atoms with Crippen LogP contribution in [0.25, 0.3) is 0 Å². The normalized spacial score (nSPS) is 14.5. The lowest BCUT2D eigenvalue weighted by Crippen LogP contribution is -2.30. The van der Waals surface area contributed by atoms with Crippen LogP contribution in [-0.4, -0.2) is 96.7 Å². The van der Waals surface area contributed by atoms with Crippen LogP contribution in [0.2, 0.25) is 0 Å². The lowest BCUT2D eigenvalue weighted by molar-refractivity contribution is -0.161. The van der Waals surface area contributed by atoms with Crippen LogP contribution in [-0.2, 0) is 65.4 Å². The fraction of sp³-hybridized carbons (Fsp3) is 0.939. The molecule has 6 atom stereocenters. The van der Waals surface area contributed by atoms with Crippen LogP contribution >= 0.6 is 15.6 Å². The van der Waals surface area contributed by atoms with Gasteiger partial charge in [-0.15, -0.1) is 0 Å². The quantitative estimate of drug-likeness (QED) is 0.0222. The molecule has 0 radical (unpaired) electrons. The van der Waals surface area contributed by atoms with Gasteiger partial charge in [0, 0.05) is 25.7 Å².